The van der Waals surface area contributed by atoms with Gasteiger partial charge in [-0.1, -0.05) is 35.5 Å². The van der Waals surface area contributed by atoms with E-state index in [-0.39, 0.29) is 12.3 Å². The second-order valence-corrected chi connectivity index (χ2v) is 3.40. The first-order valence-corrected chi connectivity index (χ1v) is 5.15. The summed E-state index contributed by atoms with van der Waals surface area (Å²) < 4.78 is 4.99. The molecule has 0 heterocycles. The molecule has 92 valence electrons. The monoisotopic (exact) mass is 237 g/mol. The molecule has 1 atom stereocenters. The minimum Gasteiger partial charge on any atom is -0.456 e. The number of aliphatic hydroxyl groups is 1. The van der Waals surface area contributed by atoms with Crippen molar-refractivity contribution >= 4 is 11.7 Å². The lowest BCUT2D eigenvalue weighted by Crippen LogP contribution is -2.28. The molecule has 1 aromatic rings. The van der Waals surface area contributed by atoms with Crippen molar-refractivity contribution in [3.05, 3.63) is 35.9 Å². The predicted octanol–water partition coefficient (Wildman–Crippen LogP) is 1.11. The Kier molecular flexibility index (Phi) is 5.16. The maximum Gasteiger partial charge on any atom is 0.359 e. The van der Waals surface area contributed by atoms with Gasteiger partial charge in [0.05, 0.1) is 0 Å². The Hall–Kier alpha value is -1.88. The van der Waals surface area contributed by atoms with Crippen LogP contribution in [0.5, 0.6) is 0 Å². The molecule has 0 saturated heterocycles. The Balaban J connectivity index is 2.57. The summed E-state index contributed by atoms with van der Waals surface area (Å²) in [6.45, 7) is 1.55. The quantitative estimate of drug-likeness (QED) is 0.473. The molecule has 0 aliphatic carbocycles. The van der Waals surface area contributed by atoms with Crippen LogP contribution in [0.1, 0.15) is 12.5 Å². The molecule has 1 N–H and O–H groups in total. The van der Waals surface area contributed by atoms with E-state index in [0.29, 0.717) is 0 Å². The van der Waals surface area contributed by atoms with E-state index in [1.54, 1.807) is 0 Å². The average Bonchev–Trinajstić information content (AvgIpc) is 2.34. The maximum absolute atomic E-state index is 11.6. The molecular weight excluding hydrogens is 222 g/mol. The summed E-state index contributed by atoms with van der Waals surface area (Å²) in [5.74, 6) is -0.689. The summed E-state index contributed by atoms with van der Waals surface area (Å²) >= 11 is 0. The molecule has 0 saturated carbocycles. The molecule has 1 unspecified atom stereocenters. The number of hydrogen-bond donors (Lipinski definition) is 1. The van der Waals surface area contributed by atoms with E-state index in [4.69, 9.17) is 4.74 Å². The highest BCUT2D eigenvalue weighted by molar-refractivity contribution is 6.37. The van der Waals surface area contributed by atoms with E-state index in [1.165, 1.54) is 14.0 Å². The van der Waals surface area contributed by atoms with Crippen molar-refractivity contribution in [1.29, 1.82) is 0 Å². The Labute approximate surface area is 99.7 Å². The summed E-state index contributed by atoms with van der Waals surface area (Å²) in [5.41, 5.74) is 0.714. The standard InChI is InChI=1S/C12H15NO4/c1-9(14)11(13-16-2)12(15)17-8-10-6-4-3-5-7-10/h3-7,9,14H,8H2,1-2H3/b13-11-. The highest BCUT2D eigenvalue weighted by Crippen LogP contribution is 2.02. The third kappa shape index (κ3) is 4.24. The van der Waals surface area contributed by atoms with Crippen molar-refractivity contribution < 1.29 is 19.5 Å². The first-order chi connectivity index (χ1) is 8.15. The largest absolute Gasteiger partial charge is 0.456 e. The van der Waals surface area contributed by atoms with E-state index >= 15 is 0 Å². The molecule has 17 heavy (non-hydrogen) atoms. The molecule has 0 radical (unpaired) electrons. The SMILES string of the molecule is CO/N=C(\C(=O)OCc1ccccc1)C(C)O. The van der Waals surface area contributed by atoms with E-state index in [9.17, 15) is 9.90 Å². The summed E-state index contributed by atoms with van der Waals surface area (Å²) in [5, 5.41) is 12.7. The van der Waals surface area contributed by atoms with Crippen LogP contribution in [0.3, 0.4) is 0 Å². The lowest BCUT2D eigenvalue weighted by atomic mass is 10.2. The number of ether oxygens (including phenoxy) is 1. The lowest BCUT2D eigenvalue weighted by molar-refractivity contribution is -0.137. The fraction of sp³-hybridized carbons (Fsp3) is 0.333. The predicted molar refractivity (Wildman–Crippen MR) is 62.4 cm³/mol. The fourth-order valence-corrected chi connectivity index (χ4v) is 1.18. The Morgan fingerprint density at radius 1 is 1.41 bits per heavy atom. The Morgan fingerprint density at radius 2 is 2.06 bits per heavy atom. The van der Waals surface area contributed by atoms with E-state index < -0.39 is 12.1 Å². The van der Waals surface area contributed by atoms with Crippen LogP contribution in [0.15, 0.2) is 35.5 Å². The highest BCUT2D eigenvalue weighted by atomic mass is 16.6. The van der Waals surface area contributed by atoms with Gasteiger partial charge in [-0.2, -0.15) is 0 Å². The molecule has 1 aromatic carbocycles. The van der Waals surface area contributed by atoms with Crippen molar-refractivity contribution in [2.24, 2.45) is 5.16 Å². The van der Waals surface area contributed by atoms with Crippen molar-refractivity contribution in [2.75, 3.05) is 7.11 Å². The third-order valence-corrected chi connectivity index (χ3v) is 2.01. The van der Waals surface area contributed by atoms with E-state index in [2.05, 4.69) is 9.99 Å². The average molecular weight is 237 g/mol. The number of carbonyl (C=O) groups excluding carboxylic acids is 1. The van der Waals surface area contributed by atoms with Gasteiger partial charge in [-0.3, -0.25) is 0 Å². The summed E-state index contributed by atoms with van der Waals surface area (Å²) in [6.07, 6.45) is -1.03. The van der Waals surface area contributed by atoms with Gasteiger partial charge < -0.3 is 14.7 Å². The second-order valence-electron chi connectivity index (χ2n) is 3.40. The van der Waals surface area contributed by atoms with Crippen LogP contribution in [0, 0.1) is 0 Å². The van der Waals surface area contributed by atoms with Gasteiger partial charge in [0.15, 0.2) is 5.71 Å². The summed E-state index contributed by atoms with van der Waals surface area (Å²) in [6, 6.07) is 9.24. The van der Waals surface area contributed by atoms with Crippen LogP contribution >= 0.6 is 0 Å². The van der Waals surface area contributed by atoms with Crippen molar-refractivity contribution in [2.45, 2.75) is 19.6 Å². The molecule has 5 nitrogen and oxygen atoms in total. The number of carbonyl (C=O) groups is 1. The molecule has 0 aromatic heterocycles. The van der Waals surface area contributed by atoms with Gasteiger partial charge in [0, 0.05) is 0 Å². The minimum atomic E-state index is -1.03. The first kappa shape index (κ1) is 13.2. The highest BCUT2D eigenvalue weighted by Gasteiger charge is 2.19. The number of nitrogens with zero attached hydrogens (tertiary/aromatic N) is 1. The van der Waals surface area contributed by atoms with Gasteiger partial charge in [0.1, 0.15) is 19.8 Å². The van der Waals surface area contributed by atoms with Crippen LogP contribution < -0.4 is 0 Å². The third-order valence-electron chi connectivity index (χ3n) is 2.01. The van der Waals surface area contributed by atoms with Gasteiger partial charge in [-0.25, -0.2) is 4.79 Å². The Bertz CT molecular complexity index is 387. The number of esters is 1. The molecule has 0 spiro atoms. The van der Waals surface area contributed by atoms with Crippen LogP contribution in [0.4, 0.5) is 0 Å². The zero-order valence-electron chi connectivity index (χ0n) is 9.79. The molecule has 5 heteroatoms. The van der Waals surface area contributed by atoms with E-state index in [1.807, 2.05) is 30.3 Å². The molecule has 0 aliphatic rings. The minimum absolute atomic E-state index is 0.134. The number of aliphatic hydroxyl groups excluding tert-OH is 1. The van der Waals surface area contributed by atoms with Gasteiger partial charge in [-0.05, 0) is 12.5 Å². The van der Waals surface area contributed by atoms with Crippen LogP contribution in [-0.4, -0.2) is 30.0 Å². The van der Waals surface area contributed by atoms with Gasteiger partial charge >= 0.3 is 5.97 Å². The van der Waals surface area contributed by atoms with Gasteiger partial charge in [0.2, 0.25) is 0 Å². The molecule has 0 aliphatic heterocycles. The van der Waals surface area contributed by atoms with Crippen LogP contribution in [-0.2, 0) is 21.0 Å². The molecule has 0 bridgehead atoms. The zero-order chi connectivity index (χ0) is 12.7. The van der Waals surface area contributed by atoms with Crippen molar-refractivity contribution in [1.82, 2.24) is 0 Å². The number of oxime groups is 1. The fourth-order valence-electron chi connectivity index (χ4n) is 1.18. The molecule has 0 amide bonds. The van der Waals surface area contributed by atoms with E-state index in [0.717, 1.165) is 5.56 Å². The van der Waals surface area contributed by atoms with Gasteiger partial charge in [-0.15, -0.1) is 0 Å². The molecule has 0 fully saturated rings. The van der Waals surface area contributed by atoms with Crippen molar-refractivity contribution in [3.8, 4) is 0 Å². The normalized spacial score (nSPS) is 13.0. The van der Waals surface area contributed by atoms with Crippen LogP contribution in [0.2, 0.25) is 0 Å². The maximum atomic E-state index is 11.6. The smallest absolute Gasteiger partial charge is 0.359 e. The molecule has 1 rings (SSSR count). The summed E-state index contributed by atoms with van der Waals surface area (Å²) in [7, 11) is 1.30. The Morgan fingerprint density at radius 3 is 2.59 bits per heavy atom. The second kappa shape index (κ2) is 6.65. The number of benzene rings is 1. The topological polar surface area (TPSA) is 68.1 Å². The van der Waals surface area contributed by atoms with Gasteiger partial charge in [0.25, 0.3) is 0 Å². The number of hydrogen-bond acceptors (Lipinski definition) is 5. The number of rotatable bonds is 5. The van der Waals surface area contributed by atoms with Crippen LogP contribution in [0.25, 0.3) is 0 Å². The van der Waals surface area contributed by atoms with Crippen molar-refractivity contribution in [3.63, 3.8) is 0 Å². The zero-order valence-corrected chi connectivity index (χ0v) is 9.79. The summed E-state index contributed by atoms with van der Waals surface area (Å²) in [4.78, 5) is 16.0. The first-order valence-electron chi connectivity index (χ1n) is 5.15. The lowest BCUT2D eigenvalue weighted by Gasteiger charge is -2.08. The molecular formula is C12H15NO4.